The van der Waals surface area contributed by atoms with Crippen molar-refractivity contribution in [3.8, 4) is 0 Å². The molecule has 0 spiro atoms. The van der Waals surface area contributed by atoms with E-state index in [-0.39, 0.29) is 5.57 Å². The van der Waals surface area contributed by atoms with Crippen LogP contribution < -0.4 is 0 Å². The Bertz CT molecular complexity index is 630. The molecule has 0 unspecified atom stereocenters. The van der Waals surface area contributed by atoms with E-state index in [1.807, 2.05) is 0 Å². The van der Waals surface area contributed by atoms with Crippen molar-refractivity contribution in [1.29, 1.82) is 0 Å². The maximum atomic E-state index is 12.3. The lowest BCUT2D eigenvalue weighted by atomic mass is 9.95. The van der Waals surface area contributed by atoms with Crippen molar-refractivity contribution in [2.75, 3.05) is 0 Å². The van der Waals surface area contributed by atoms with Gasteiger partial charge in [-0.25, -0.2) is 13.2 Å². The van der Waals surface area contributed by atoms with Crippen molar-refractivity contribution < 1.29 is 27.9 Å². The van der Waals surface area contributed by atoms with E-state index in [2.05, 4.69) is 0 Å². The normalized spacial score (nSPS) is 32.9. The topological polar surface area (TPSA) is 109 Å². The molecule has 0 bridgehead atoms. The first-order valence-electron chi connectivity index (χ1n) is 5.54. The van der Waals surface area contributed by atoms with Gasteiger partial charge in [-0.3, -0.25) is 9.59 Å². The van der Waals surface area contributed by atoms with E-state index in [9.17, 15) is 22.8 Å². The lowest BCUT2D eigenvalue weighted by molar-refractivity contribution is -0.152. The number of nitrogens with zero attached hydrogens (tertiary/aromatic N) is 1. The molecule has 104 valence electrons. The third kappa shape index (κ3) is 1.49. The number of ketones is 1. The van der Waals surface area contributed by atoms with Crippen LogP contribution >= 0.6 is 0 Å². The van der Waals surface area contributed by atoms with Gasteiger partial charge in [-0.2, -0.15) is 0 Å². The number of amides is 1. The summed E-state index contributed by atoms with van der Waals surface area (Å²) < 4.78 is 23.0. The molecule has 2 fully saturated rings. The number of fused-ring (bicyclic) bond motifs is 1. The van der Waals surface area contributed by atoms with E-state index in [1.165, 1.54) is 20.8 Å². The van der Waals surface area contributed by atoms with Gasteiger partial charge >= 0.3 is 5.97 Å². The zero-order valence-corrected chi connectivity index (χ0v) is 11.4. The van der Waals surface area contributed by atoms with Gasteiger partial charge in [0.15, 0.2) is 27.0 Å². The molecule has 7 nitrogen and oxygen atoms in total. The van der Waals surface area contributed by atoms with E-state index in [4.69, 9.17) is 5.11 Å². The molecule has 1 N–H and O–H groups in total. The Kier molecular flexibility index (Phi) is 2.64. The van der Waals surface area contributed by atoms with Gasteiger partial charge in [-0.15, -0.1) is 0 Å². The molecule has 2 saturated heterocycles. The highest BCUT2D eigenvalue weighted by atomic mass is 32.2. The van der Waals surface area contributed by atoms with Crippen LogP contribution in [0.2, 0.25) is 0 Å². The number of carbonyl (C=O) groups excluding carboxylic acids is 2. The first-order valence-corrected chi connectivity index (χ1v) is 7.09. The summed E-state index contributed by atoms with van der Waals surface area (Å²) in [5.41, 5.74) is -0.149. The summed E-state index contributed by atoms with van der Waals surface area (Å²) in [5, 5.41) is 7.82. The van der Waals surface area contributed by atoms with Gasteiger partial charge in [-0.1, -0.05) is 0 Å². The molecule has 0 saturated carbocycles. The number of sulfone groups is 1. The van der Waals surface area contributed by atoms with E-state index < -0.39 is 43.7 Å². The summed E-state index contributed by atoms with van der Waals surface area (Å²) in [6.45, 7) is 3.75. The average molecular weight is 287 g/mol. The smallest absolute Gasteiger partial charge is 0.328 e. The lowest BCUT2D eigenvalue weighted by Crippen LogP contribution is -2.59. The minimum atomic E-state index is -3.88. The van der Waals surface area contributed by atoms with Crippen molar-refractivity contribution in [3.63, 3.8) is 0 Å². The maximum Gasteiger partial charge on any atom is 0.328 e. The van der Waals surface area contributed by atoms with Gasteiger partial charge in [0.1, 0.15) is 4.75 Å². The van der Waals surface area contributed by atoms with Gasteiger partial charge in [0.2, 0.25) is 0 Å². The molecule has 0 aromatic rings. The number of carboxylic acids is 1. The molecule has 8 heteroatoms. The molecule has 2 rings (SSSR count). The van der Waals surface area contributed by atoms with Crippen molar-refractivity contribution in [1.82, 2.24) is 4.90 Å². The molecule has 0 aliphatic carbocycles. The first kappa shape index (κ1) is 13.7. The Morgan fingerprint density at radius 2 is 1.89 bits per heavy atom. The fraction of sp³-hybridized carbons (Fsp3) is 0.545. The van der Waals surface area contributed by atoms with Crippen molar-refractivity contribution in [2.24, 2.45) is 0 Å². The molecule has 2 aliphatic rings. The first-order chi connectivity index (χ1) is 8.53. The summed E-state index contributed by atoms with van der Waals surface area (Å²) in [6, 6.07) is -1.43. The Morgan fingerprint density at radius 1 is 1.37 bits per heavy atom. The predicted molar refractivity (Wildman–Crippen MR) is 63.8 cm³/mol. The standard InChI is InChI=1S/C11H13NO6S/c1-5(13)4-6-8(14)12-7(10(15)16)11(2,3)19(17,18)9(6)12/h4,7,9H,1-3H3,(H,15,16)/t7-,9+/m0/s1. The van der Waals surface area contributed by atoms with Crippen LogP contribution in [-0.4, -0.2) is 52.2 Å². The highest BCUT2D eigenvalue weighted by Crippen LogP contribution is 2.48. The largest absolute Gasteiger partial charge is 0.480 e. The fourth-order valence-corrected chi connectivity index (χ4v) is 4.68. The third-order valence-electron chi connectivity index (χ3n) is 3.56. The van der Waals surface area contributed by atoms with Crippen molar-refractivity contribution >= 4 is 27.5 Å². The molecular weight excluding hydrogens is 274 g/mol. The molecule has 19 heavy (non-hydrogen) atoms. The van der Waals surface area contributed by atoms with Crippen LogP contribution in [0.15, 0.2) is 11.6 Å². The molecule has 1 amide bonds. The second-order valence-electron chi connectivity index (χ2n) is 5.16. The van der Waals surface area contributed by atoms with Crippen LogP contribution in [0.25, 0.3) is 0 Å². The van der Waals surface area contributed by atoms with E-state index in [0.717, 1.165) is 11.0 Å². The van der Waals surface area contributed by atoms with Crippen LogP contribution in [0.4, 0.5) is 0 Å². The van der Waals surface area contributed by atoms with Crippen LogP contribution in [-0.2, 0) is 24.2 Å². The minimum absolute atomic E-state index is 0.149. The Balaban J connectivity index is 2.61. The SMILES string of the molecule is CC(=O)C=C1C(=O)N2[C@@H](C(=O)O)C(C)(C)S(=O)(=O)[C@H]12. The highest BCUT2D eigenvalue weighted by Gasteiger charge is 2.70. The summed E-state index contributed by atoms with van der Waals surface area (Å²) >= 11 is 0. The molecule has 2 atom stereocenters. The van der Waals surface area contributed by atoms with Crippen LogP contribution in [0.3, 0.4) is 0 Å². The van der Waals surface area contributed by atoms with Gasteiger partial charge in [0.05, 0.1) is 5.57 Å². The molecular formula is C11H13NO6S. The van der Waals surface area contributed by atoms with E-state index in [0.29, 0.717) is 0 Å². The van der Waals surface area contributed by atoms with Crippen LogP contribution in [0.1, 0.15) is 20.8 Å². The summed E-state index contributed by atoms with van der Waals surface area (Å²) in [6.07, 6.45) is 0.960. The second kappa shape index (κ2) is 3.66. The summed E-state index contributed by atoms with van der Waals surface area (Å²) in [7, 11) is -3.88. The quantitative estimate of drug-likeness (QED) is 0.533. The molecule has 2 heterocycles. The zero-order chi connectivity index (χ0) is 14.7. The molecule has 0 aromatic heterocycles. The van der Waals surface area contributed by atoms with Crippen molar-refractivity contribution in [3.05, 3.63) is 11.6 Å². The van der Waals surface area contributed by atoms with Gasteiger partial charge in [0.25, 0.3) is 5.91 Å². The van der Waals surface area contributed by atoms with Crippen LogP contribution in [0, 0.1) is 0 Å². The number of aliphatic carboxylic acids is 1. The molecule has 0 aromatic carbocycles. The number of hydrogen-bond acceptors (Lipinski definition) is 5. The van der Waals surface area contributed by atoms with E-state index in [1.54, 1.807) is 0 Å². The maximum absolute atomic E-state index is 12.3. The Hall–Kier alpha value is -1.70. The number of carbonyl (C=O) groups is 3. The summed E-state index contributed by atoms with van der Waals surface area (Å²) in [5.74, 6) is -2.53. The number of allylic oxidation sites excluding steroid dienone is 1. The average Bonchev–Trinajstić information content (AvgIpc) is 2.38. The Labute approximate surface area is 109 Å². The van der Waals surface area contributed by atoms with Gasteiger partial charge in [-0.05, 0) is 26.8 Å². The van der Waals surface area contributed by atoms with E-state index >= 15 is 0 Å². The van der Waals surface area contributed by atoms with Crippen LogP contribution in [0.5, 0.6) is 0 Å². The van der Waals surface area contributed by atoms with Gasteiger partial charge < -0.3 is 10.0 Å². The number of carboxylic acid groups (broad SMARTS) is 1. The predicted octanol–water partition coefficient (Wildman–Crippen LogP) is -0.670. The number of hydrogen-bond donors (Lipinski definition) is 1. The van der Waals surface area contributed by atoms with Crippen molar-refractivity contribution in [2.45, 2.75) is 36.9 Å². The third-order valence-corrected chi connectivity index (χ3v) is 6.32. The molecule has 2 aliphatic heterocycles. The number of β-lactam (4-membered cyclic amide) rings is 1. The number of rotatable bonds is 2. The second-order valence-corrected chi connectivity index (χ2v) is 7.75. The highest BCUT2D eigenvalue weighted by molar-refractivity contribution is 7.94. The minimum Gasteiger partial charge on any atom is -0.480 e. The molecule has 0 radical (unpaired) electrons. The monoisotopic (exact) mass is 287 g/mol. The van der Waals surface area contributed by atoms with Gasteiger partial charge in [0, 0.05) is 0 Å². The zero-order valence-electron chi connectivity index (χ0n) is 10.6. The summed E-state index contributed by atoms with van der Waals surface area (Å²) in [4.78, 5) is 34.9. The fourth-order valence-electron chi connectivity index (χ4n) is 2.56. The lowest BCUT2D eigenvalue weighted by Gasteiger charge is -2.37. The Morgan fingerprint density at radius 3 is 2.32 bits per heavy atom.